The molecule has 2 aliphatic rings. The first-order chi connectivity index (χ1) is 7.75. The van der Waals surface area contributed by atoms with Gasteiger partial charge in [-0.3, -0.25) is 10.1 Å². The molecular weight excluding hydrogens is 204 g/mol. The second kappa shape index (κ2) is 3.59. The Morgan fingerprint density at radius 3 is 2.94 bits per heavy atom. The predicted octanol–water partition coefficient (Wildman–Crippen LogP) is 0.722. The first-order valence-corrected chi connectivity index (χ1v) is 5.81. The van der Waals surface area contributed by atoms with E-state index in [4.69, 9.17) is 5.73 Å². The minimum Gasteiger partial charge on any atom is -0.331 e. The molecule has 86 valence electrons. The van der Waals surface area contributed by atoms with E-state index in [0.29, 0.717) is 17.8 Å². The molecule has 0 aromatic carbocycles. The molecule has 2 fully saturated rings. The Morgan fingerprint density at radius 2 is 2.31 bits per heavy atom. The summed E-state index contributed by atoms with van der Waals surface area (Å²) < 4.78 is 0. The first kappa shape index (κ1) is 9.84. The number of fused-ring (bicyclic) bond motifs is 2. The lowest BCUT2D eigenvalue weighted by atomic mass is 9.84. The zero-order chi connectivity index (χ0) is 11.1. The van der Waals surface area contributed by atoms with Crippen LogP contribution in [0.1, 0.15) is 19.3 Å². The van der Waals surface area contributed by atoms with Crippen LogP contribution in [0.3, 0.4) is 0 Å². The fraction of sp³-hybridized carbons (Fsp3) is 0.636. The van der Waals surface area contributed by atoms with Crippen LogP contribution in [0.2, 0.25) is 0 Å². The monoisotopic (exact) mass is 220 g/mol. The molecule has 1 heterocycles. The van der Waals surface area contributed by atoms with Crippen molar-refractivity contribution in [1.29, 1.82) is 0 Å². The van der Waals surface area contributed by atoms with E-state index in [2.05, 4.69) is 15.3 Å². The lowest BCUT2D eigenvalue weighted by molar-refractivity contribution is -0.121. The Bertz CT molecular complexity index is 387. The molecular formula is C11H16N4O. The largest absolute Gasteiger partial charge is 0.331 e. The average molecular weight is 220 g/mol. The number of aromatic nitrogens is 2. The Hall–Kier alpha value is -1.36. The number of carbonyl (C=O) groups excluding carboxylic acids is 1. The van der Waals surface area contributed by atoms with Crippen molar-refractivity contribution >= 4 is 11.9 Å². The summed E-state index contributed by atoms with van der Waals surface area (Å²) in [6, 6.07) is 0.0358. The van der Waals surface area contributed by atoms with Gasteiger partial charge >= 0.3 is 0 Å². The van der Waals surface area contributed by atoms with Crippen LogP contribution < -0.4 is 11.1 Å². The Balaban J connectivity index is 1.71. The number of nitrogens with zero attached hydrogens (tertiary/aromatic N) is 1. The van der Waals surface area contributed by atoms with Gasteiger partial charge in [-0.05, 0) is 31.1 Å². The number of nitrogens with one attached hydrogen (secondary N) is 2. The molecule has 0 radical (unpaired) electrons. The molecule has 0 spiro atoms. The van der Waals surface area contributed by atoms with Gasteiger partial charge in [0.05, 0.1) is 5.92 Å². The highest BCUT2D eigenvalue weighted by Crippen LogP contribution is 2.47. The average Bonchev–Trinajstić information content (AvgIpc) is 2.92. The fourth-order valence-corrected chi connectivity index (χ4v) is 3.26. The van der Waals surface area contributed by atoms with E-state index in [1.54, 1.807) is 12.4 Å². The third-order valence-corrected chi connectivity index (χ3v) is 4.02. The maximum atomic E-state index is 12.1. The molecule has 4 atom stereocenters. The predicted molar refractivity (Wildman–Crippen MR) is 59.5 cm³/mol. The van der Waals surface area contributed by atoms with Crippen LogP contribution in [0.15, 0.2) is 12.4 Å². The van der Waals surface area contributed by atoms with E-state index >= 15 is 0 Å². The molecule has 0 aliphatic heterocycles. The highest BCUT2D eigenvalue weighted by molar-refractivity contribution is 5.92. The number of amides is 1. The summed E-state index contributed by atoms with van der Waals surface area (Å²) in [7, 11) is 0. The van der Waals surface area contributed by atoms with Crippen LogP contribution >= 0.6 is 0 Å². The molecule has 2 bridgehead atoms. The minimum atomic E-state index is -0.0242. The summed E-state index contributed by atoms with van der Waals surface area (Å²) in [6.45, 7) is 0. The number of hydrogen-bond donors (Lipinski definition) is 3. The van der Waals surface area contributed by atoms with Crippen LogP contribution in [0.5, 0.6) is 0 Å². The first-order valence-electron chi connectivity index (χ1n) is 5.81. The molecule has 3 rings (SSSR count). The number of imidazole rings is 1. The Labute approximate surface area is 93.8 Å². The molecule has 5 nitrogen and oxygen atoms in total. The third kappa shape index (κ3) is 1.43. The summed E-state index contributed by atoms with van der Waals surface area (Å²) in [6.07, 6.45) is 6.77. The van der Waals surface area contributed by atoms with Gasteiger partial charge in [0.25, 0.3) is 0 Å². The molecule has 0 saturated heterocycles. The fourth-order valence-electron chi connectivity index (χ4n) is 3.26. The maximum Gasteiger partial charge on any atom is 0.231 e. The van der Waals surface area contributed by atoms with E-state index in [9.17, 15) is 4.79 Å². The normalized spacial score (nSPS) is 36.6. The van der Waals surface area contributed by atoms with Gasteiger partial charge in [0.15, 0.2) is 0 Å². The molecule has 2 aliphatic carbocycles. The SMILES string of the molecule is NC1C2CCC(C2)C1C(=O)Nc1ncc[nH]1. The number of rotatable bonds is 2. The summed E-state index contributed by atoms with van der Waals surface area (Å²) >= 11 is 0. The van der Waals surface area contributed by atoms with Gasteiger partial charge < -0.3 is 10.7 Å². The number of anilines is 1. The smallest absolute Gasteiger partial charge is 0.231 e. The van der Waals surface area contributed by atoms with Gasteiger partial charge in [0.2, 0.25) is 11.9 Å². The molecule has 2 saturated carbocycles. The summed E-state index contributed by atoms with van der Waals surface area (Å²) in [4.78, 5) is 18.9. The van der Waals surface area contributed by atoms with Crippen molar-refractivity contribution in [1.82, 2.24) is 9.97 Å². The standard InChI is InChI=1S/C11H16N4O/c12-9-7-2-1-6(5-7)8(9)10(16)15-11-13-3-4-14-11/h3-4,6-9H,1-2,5,12H2,(H2,13,14,15,16). The Morgan fingerprint density at radius 1 is 1.50 bits per heavy atom. The van der Waals surface area contributed by atoms with Crippen LogP contribution in [0.4, 0.5) is 5.95 Å². The van der Waals surface area contributed by atoms with Gasteiger partial charge in [0, 0.05) is 18.4 Å². The van der Waals surface area contributed by atoms with Gasteiger partial charge in [-0.25, -0.2) is 4.98 Å². The van der Waals surface area contributed by atoms with E-state index in [1.165, 1.54) is 6.42 Å². The summed E-state index contributed by atoms with van der Waals surface area (Å²) in [5.41, 5.74) is 6.10. The number of nitrogens with two attached hydrogens (primary N) is 1. The maximum absolute atomic E-state index is 12.1. The second-order valence-corrected chi connectivity index (χ2v) is 4.86. The van der Waals surface area contributed by atoms with Crippen LogP contribution in [-0.2, 0) is 4.79 Å². The summed E-state index contributed by atoms with van der Waals surface area (Å²) in [5, 5.41) is 2.79. The van der Waals surface area contributed by atoms with Crippen LogP contribution in [-0.4, -0.2) is 21.9 Å². The number of hydrogen-bond acceptors (Lipinski definition) is 3. The molecule has 1 aromatic heterocycles. The van der Waals surface area contributed by atoms with Gasteiger partial charge in [-0.1, -0.05) is 0 Å². The zero-order valence-corrected chi connectivity index (χ0v) is 9.02. The molecule has 4 unspecified atom stereocenters. The molecule has 4 N–H and O–H groups in total. The van der Waals surface area contributed by atoms with Crippen molar-refractivity contribution < 1.29 is 4.79 Å². The third-order valence-electron chi connectivity index (χ3n) is 4.02. The van der Waals surface area contributed by atoms with Gasteiger partial charge in [-0.15, -0.1) is 0 Å². The van der Waals surface area contributed by atoms with Crippen molar-refractivity contribution in [2.75, 3.05) is 5.32 Å². The quantitative estimate of drug-likeness (QED) is 0.686. The minimum absolute atomic E-state index is 0.0228. The van der Waals surface area contributed by atoms with Crippen LogP contribution in [0, 0.1) is 17.8 Å². The van der Waals surface area contributed by atoms with Crippen molar-refractivity contribution in [2.24, 2.45) is 23.5 Å². The van der Waals surface area contributed by atoms with E-state index in [1.807, 2.05) is 0 Å². The molecule has 1 aromatic rings. The number of carbonyl (C=O) groups is 1. The van der Waals surface area contributed by atoms with E-state index in [-0.39, 0.29) is 17.9 Å². The second-order valence-electron chi connectivity index (χ2n) is 4.86. The van der Waals surface area contributed by atoms with Crippen molar-refractivity contribution in [3.63, 3.8) is 0 Å². The lowest BCUT2D eigenvalue weighted by Crippen LogP contribution is -2.42. The highest BCUT2D eigenvalue weighted by atomic mass is 16.2. The van der Waals surface area contributed by atoms with E-state index in [0.717, 1.165) is 12.8 Å². The Kier molecular flexibility index (Phi) is 2.21. The van der Waals surface area contributed by atoms with Gasteiger partial charge in [-0.2, -0.15) is 0 Å². The number of H-pyrrole nitrogens is 1. The summed E-state index contributed by atoms with van der Waals surface area (Å²) in [5.74, 6) is 1.55. The van der Waals surface area contributed by atoms with Crippen molar-refractivity contribution in [2.45, 2.75) is 25.3 Å². The molecule has 1 amide bonds. The van der Waals surface area contributed by atoms with Crippen molar-refractivity contribution in [3.05, 3.63) is 12.4 Å². The molecule has 16 heavy (non-hydrogen) atoms. The van der Waals surface area contributed by atoms with Crippen molar-refractivity contribution in [3.8, 4) is 0 Å². The number of aromatic amines is 1. The molecule has 5 heteroatoms. The topological polar surface area (TPSA) is 83.8 Å². The van der Waals surface area contributed by atoms with E-state index < -0.39 is 0 Å². The lowest BCUT2D eigenvalue weighted by Gasteiger charge is -2.26. The van der Waals surface area contributed by atoms with Crippen LogP contribution in [0.25, 0.3) is 0 Å². The zero-order valence-electron chi connectivity index (χ0n) is 9.02. The highest BCUT2D eigenvalue weighted by Gasteiger charge is 2.49. The van der Waals surface area contributed by atoms with Gasteiger partial charge in [0.1, 0.15) is 0 Å².